The Morgan fingerprint density at radius 3 is 1.50 bits per heavy atom. The first kappa shape index (κ1) is 23.0. The first-order valence-electron chi connectivity index (χ1n) is 8.12. The predicted molar refractivity (Wildman–Crippen MR) is 87.5 cm³/mol. The zero-order valence-corrected chi connectivity index (χ0v) is 14.7. The normalized spacial score (nSPS) is 11.5. The minimum absolute atomic E-state index is 0.750. The van der Waals surface area contributed by atoms with E-state index in [2.05, 4.69) is 44.5 Å². The molecule has 0 aromatic heterocycles. The summed E-state index contributed by atoms with van der Waals surface area (Å²) in [6.07, 6.45) is 2.62. The van der Waals surface area contributed by atoms with E-state index in [-0.39, 0.29) is 0 Å². The maximum Gasteiger partial charge on any atom is 0.0222 e. The van der Waals surface area contributed by atoms with Gasteiger partial charge in [-0.2, -0.15) is 0 Å². The van der Waals surface area contributed by atoms with Gasteiger partial charge in [-0.1, -0.05) is 61.8 Å². The molecule has 0 bridgehead atoms. The summed E-state index contributed by atoms with van der Waals surface area (Å²) in [7, 11) is 2.21. The minimum Gasteiger partial charge on any atom is -0.305 e. The number of hydrogen-bond acceptors (Lipinski definition) is 2. The molecule has 0 rings (SSSR count). The molecule has 0 saturated heterocycles. The third kappa shape index (κ3) is 12.4. The van der Waals surface area contributed by atoms with Gasteiger partial charge >= 0.3 is 0 Å². The van der Waals surface area contributed by atoms with E-state index >= 15 is 0 Å². The van der Waals surface area contributed by atoms with Crippen molar-refractivity contribution in [3.05, 3.63) is 0 Å². The molecule has 114 valence electrons. The van der Waals surface area contributed by atoms with Gasteiger partial charge in [0.25, 0.3) is 0 Å². The van der Waals surface area contributed by atoms with Gasteiger partial charge in [0.1, 0.15) is 0 Å². The molecule has 0 spiro atoms. The molecular formula is C16H40N2. The van der Waals surface area contributed by atoms with Crippen molar-refractivity contribution in [3.63, 3.8) is 0 Å². The molecule has 0 N–H and O–H groups in total. The SMILES string of the molecule is CC.CC.CCCC(CN(C)CC)N(CC)CC. The highest BCUT2D eigenvalue weighted by Gasteiger charge is 2.15. The first-order chi connectivity index (χ1) is 8.69. The van der Waals surface area contributed by atoms with Gasteiger partial charge < -0.3 is 4.90 Å². The Bertz CT molecular complexity index is 122. The van der Waals surface area contributed by atoms with Gasteiger partial charge in [0.15, 0.2) is 0 Å². The lowest BCUT2D eigenvalue weighted by Crippen LogP contribution is -2.42. The van der Waals surface area contributed by atoms with Crippen molar-refractivity contribution in [2.75, 3.05) is 33.2 Å². The van der Waals surface area contributed by atoms with E-state index < -0.39 is 0 Å². The summed E-state index contributed by atoms with van der Waals surface area (Å²) in [6, 6.07) is 0.750. The zero-order chi connectivity index (χ0) is 15.0. The standard InChI is InChI=1S/C12H28N2.2C2H6/c1-6-10-12(11-13(5)7-2)14(8-3)9-4;2*1-2/h12H,6-11H2,1-5H3;2*1-2H3. The lowest BCUT2D eigenvalue weighted by molar-refractivity contribution is 0.158. The molecule has 0 aromatic carbocycles. The van der Waals surface area contributed by atoms with Crippen molar-refractivity contribution in [3.8, 4) is 0 Å². The van der Waals surface area contributed by atoms with Crippen LogP contribution in [0.15, 0.2) is 0 Å². The molecule has 2 nitrogen and oxygen atoms in total. The van der Waals surface area contributed by atoms with Crippen LogP contribution in [0.5, 0.6) is 0 Å². The van der Waals surface area contributed by atoms with Gasteiger partial charge in [0.2, 0.25) is 0 Å². The van der Waals surface area contributed by atoms with Crippen LogP contribution in [0.4, 0.5) is 0 Å². The van der Waals surface area contributed by atoms with Gasteiger partial charge in [0.05, 0.1) is 0 Å². The Morgan fingerprint density at radius 1 is 0.778 bits per heavy atom. The minimum atomic E-state index is 0.750. The lowest BCUT2D eigenvalue weighted by Gasteiger charge is -2.32. The van der Waals surface area contributed by atoms with Crippen LogP contribution in [0.25, 0.3) is 0 Å². The van der Waals surface area contributed by atoms with Crippen molar-refractivity contribution in [2.45, 2.75) is 74.3 Å². The molecule has 2 heteroatoms. The molecule has 0 fully saturated rings. The number of hydrogen-bond donors (Lipinski definition) is 0. The van der Waals surface area contributed by atoms with Crippen LogP contribution >= 0.6 is 0 Å². The third-order valence-electron chi connectivity index (χ3n) is 3.01. The quantitative estimate of drug-likeness (QED) is 0.634. The molecule has 0 radical (unpaired) electrons. The summed E-state index contributed by atoms with van der Waals surface area (Å²) in [5, 5.41) is 0. The molecule has 1 unspecified atom stereocenters. The van der Waals surface area contributed by atoms with Gasteiger partial charge in [-0.3, -0.25) is 4.90 Å². The molecule has 0 heterocycles. The highest BCUT2D eigenvalue weighted by atomic mass is 15.2. The van der Waals surface area contributed by atoms with Crippen molar-refractivity contribution in [1.29, 1.82) is 0 Å². The molecule has 0 aliphatic carbocycles. The molecule has 18 heavy (non-hydrogen) atoms. The van der Waals surface area contributed by atoms with E-state index in [1.165, 1.54) is 32.5 Å². The Hall–Kier alpha value is -0.0800. The highest BCUT2D eigenvalue weighted by molar-refractivity contribution is 4.72. The number of likely N-dealkylation sites (N-methyl/N-ethyl adjacent to an activating group) is 2. The van der Waals surface area contributed by atoms with E-state index in [9.17, 15) is 0 Å². The van der Waals surface area contributed by atoms with E-state index in [4.69, 9.17) is 0 Å². The van der Waals surface area contributed by atoms with E-state index in [0.717, 1.165) is 12.6 Å². The second-order valence-corrected chi connectivity index (χ2v) is 4.02. The molecule has 1 atom stereocenters. The second-order valence-electron chi connectivity index (χ2n) is 4.02. The van der Waals surface area contributed by atoms with Gasteiger partial charge in [-0.05, 0) is 33.1 Å². The number of rotatable bonds is 8. The average Bonchev–Trinajstić information content (AvgIpc) is 2.44. The fourth-order valence-electron chi connectivity index (χ4n) is 1.95. The molecular weight excluding hydrogens is 220 g/mol. The van der Waals surface area contributed by atoms with Crippen LogP contribution in [0.2, 0.25) is 0 Å². The smallest absolute Gasteiger partial charge is 0.0222 e. The van der Waals surface area contributed by atoms with Gasteiger partial charge in [0, 0.05) is 12.6 Å². The third-order valence-corrected chi connectivity index (χ3v) is 3.01. The van der Waals surface area contributed by atoms with Crippen molar-refractivity contribution >= 4 is 0 Å². The molecule has 0 aliphatic heterocycles. The topological polar surface area (TPSA) is 6.48 Å². The van der Waals surface area contributed by atoms with Crippen LogP contribution in [0.3, 0.4) is 0 Å². The number of nitrogens with zero attached hydrogens (tertiary/aromatic N) is 2. The summed E-state index contributed by atoms with van der Waals surface area (Å²) < 4.78 is 0. The highest BCUT2D eigenvalue weighted by Crippen LogP contribution is 2.08. The van der Waals surface area contributed by atoms with Crippen molar-refractivity contribution in [2.24, 2.45) is 0 Å². The van der Waals surface area contributed by atoms with E-state index in [0.29, 0.717) is 0 Å². The van der Waals surface area contributed by atoms with Crippen molar-refractivity contribution in [1.82, 2.24) is 9.80 Å². The molecule has 0 saturated carbocycles. The summed E-state index contributed by atoms with van der Waals surface area (Å²) in [5.41, 5.74) is 0. The second kappa shape index (κ2) is 19.3. The fourth-order valence-corrected chi connectivity index (χ4v) is 1.95. The lowest BCUT2D eigenvalue weighted by atomic mass is 10.1. The molecule has 0 amide bonds. The first-order valence-corrected chi connectivity index (χ1v) is 8.12. The predicted octanol–water partition coefficient (Wildman–Crippen LogP) is 4.50. The summed E-state index contributed by atoms with van der Waals surface area (Å²) >= 11 is 0. The van der Waals surface area contributed by atoms with Crippen LogP contribution in [-0.4, -0.2) is 49.1 Å². The molecule has 0 aromatic rings. The van der Waals surface area contributed by atoms with Gasteiger partial charge in [-0.15, -0.1) is 0 Å². The van der Waals surface area contributed by atoms with Crippen LogP contribution in [0.1, 0.15) is 68.2 Å². The van der Waals surface area contributed by atoms with E-state index in [1.807, 2.05) is 27.7 Å². The van der Waals surface area contributed by atoms with Crippen molar-refractivity contribution < 1.29 is 0 Å². The average molecular weight is 261 g/mol. The molecule has 0 aliphatic rings. The largest absolute Gasteiger partial charge is 0.305 e. The summed E-state index contributed by atoms with van der Waals surface area (Å²) in [4.78, 5) is 4.99. The summed E-state index contributed by atoms with van der Waals surface area (Å²) in [5.74, 6) is 0. The summed E-state index contributed by atoms with van der Waals surface area (Å²) in [6.45, 7) is 21.8. The maximum atomic E-state index is 2.58. The van der Waals surface area contributed by atoms with E-state index in [1.54, 1.807) is 0 Å². The van der Waals surface area contributed by atoms with Crippen LogP contribution < -0.4 is 0 Å². The van der Waals surface area contributed by atoms with Crippen LogP contribution in [-0.2, 0) is 0 Å². The Morgan fingerprint density at radius 2 is 1.22 bits per heavy atom. The maximum absolute atomic E-state index is 2.58. The zero-order valence-electron chi connectivity index (χ0n) is 14.7. The fraction of sp³-hybridized carbons (Fsp3) is 1.00. The Kier molecular flexibility index (Phi) is 24.7. The van der Waals surface area contributed by atoms with Gasteiger partial charge in [-0.25, -0.2) is 0 Å². The monoisotopic (exact) mass is 260 g/mol. The van der Waals surface area contributed by atoms with Crippen LogP contribution in [0, 0.1) is 0 Å². The Labute approximate surface area is 118 Å². The Balaban J connectivity index is -0.000000506.